The summed E-state index contributed by atoms with van der Waals surface area (Å²) in [5, 5.41) is 9.27. The van der Waals surface area contributed by atoms with Crippen LogP contribution in [0.15, 0.2) is 65.6 Å². The Kier molecular flexibility index (Phi) is 6.47. The topological polar surface area (TPSA) is 87.5 Å². The summed E-state index contributed by atoms with van der Waals surface area (Å²) in [5.74, 6) is -0.376. The van der Waals surface area contributed by atoms with Gasteiger partial charge in [-0.1, -0.05) is 41.9 Å². The van der Waals surface area contributed by atoms with Crippen LogP contribution >= 0.6 is 11.6 Å². The molecule has 5 rings (SSSR count). The molecule has 1 saturated carbocycles. The number of nitrogens with zero attached hydrogens (tertiary/aromatic N) is 2. The fraction of sp³-hybridized carbons (Fsp3) is 0.286. The second kappa shape index (κ2) is 9.47. The monoisotopic (exact) mass is 538 g/mol. The predicted molar refractivity (Wildman–Crippen MR) is 138 cm³/mol. The third kappa shape index (κ3) is 4.70. The van der Waals surface area contributed by atoms with Crippen LogP contribution in [0, 0.1) is 29.5 Å². The molecule has 1 heterocycles. The maximum atomic E-state index is 14.1. The van der Waals surface area contributed by atoms with E-state index in [2.05, 4.69) is 6.07 Å². The Morgan fingerprint density at radius 1 is 1.19 bits per heavy atom. The van der Waals surface area contributed by atoms with E-state index < -0.39 is 27.4 Å². The molecular formula is C28H24ClFN2O4S. The molecule has 3 aromatic carbocycles. The first-order chi connectivity index (χ1) is 17.6. The van der Waals surface area contributed by atoms with Crippen LogP contribution in [-0.2, 0) is 14.8 Å². The van der Waals surface area contributed by atoms with E-state index in [1.54, 1.807) is 36.4 Å². The molecule has 0 aromatic heterocycles. The van der Waals surface area contributed by atoms with Gasteiger partial charge in [0.25, 0.3) is 10.0 Å². The molecule has 0 spiro atoms. The van der Waals surface area contributed by atoms with Crippen LogP contribution < -0.4 is 9.04 Å². The summed E-state index contributed by atoms with van der Waals surface area (Å²) in [7, 11) is -4.00. The fourth-order valence-corrected chi connectivity index (χ4v) is 6.44. The Morgan fingerprint density at radius 3 is 2.65 bits per heavy atom. The Morgan fingerprint density at radius 2 is 1.95 bits per heavy atom. The average molecular weight is 539 g/mol. The SMILES string of the molecule is Cc1cccc(S(=O)(=O)N2C[C@H](CCC(=O)C3(C#N)CC3)Oc3ccc(-c4cccc(F)c4Cl)cc32)c1. The predicted octanol–water partition coefficient (Wildman–Crippen LogP) is 6.06. The summed E-state index contributed by atoms with van der Waals surface area (Å²) < 4.78 is 49.2. The van der Waals surface area contributed by atoms with Crippen molar-refractivity contribution < 1.29 is 22.3 Å². The lowest BCUT2D eigenvalue weighted by molar-refractivity contribution is -0.122. The van der Waals surface area contributed by atoms with Crippen molar-refractivity contribution in [2.45, 2.75) is 43.6 Å². The molecule has 1 aliphatic carbocycles. The van der Waals surface area contributed by atoms with Gasteiger partial charge in [0.05, 0.1) is 28.2 Å². The Balaban J connectivity index is 1.53. The number of carbonyl (C=O) groups is 1. The molecule has 9 heteroatoms. The summed E-state index contributed by atoms with van der Waals surface area (Å²) in [6, 6.07) is 18.1. The first-order valence-electron chi connectivity index (χ1n) is 11.9. The molecule has 0 unspecified atom stereocenters. The van der Waals surface area contributed by atoms with Crippen molar-refractivity contribution in [1.29, 1.82) is 5.26 Å². The van der Waals surface area contributed by atoms with Crippen molar-refractivity contribution in [3.63, 3.8) is 0 Å². The van der Waals surface area contributed by atoms with Crippen LogP contribution in [0.1, 0.15) is 31.2 Å². The highest BCUT2D eigenvalue weighted by molar-refractivity contribution is 7.92. The number of Topliss-reactive ketones (excluding diaryl/α,β-unsaturated/α-hetero) is 1. The number of nitriles is 1. The smallest absolute Gasteiger partial charge is 0.264 e. The molecule has 0 saturated heterocycles. The molecule has 0 N–H and O–H groups in total. The molecule has 0 bridgehead atoms. The summed E-state index contributed by atoms with van der Waals surface area (Å²) >= 11 is 6.21. The quantitative estimate of drug-likeness (QED) is 0.364. The second-order valence-electron chi connectivity index (χ2n) is 9.53. The number of rotatable bonds is 7. The number of ketones is 1. The van der Waals surface area contributed by atoms with Crippen LogP contribution in [-0.4, -0.2) is 26.8 Å². The molecular weight excluding hydrogens is 515 g/mol. The van der Waals surface area contributed by atoms with Gasteiger partial charge in [-0.15, -0.1) is 0 Å². The highest BCUT2D eigenvalue weighted by Gasteiger charge is 2.50. The maximum Gasteiger partial charge on any atom is 0.264 e. The standard InChI is InChI=1S/C28H24ClFN2O4S/c1-18-4-2-5-21(14-18)37(34,35)32-16-20(9-11-26(33)28(17-31)12-13-28)36-25-10-8-19(15-24(25)32)22-6-3-7-23(30)27(22)29/h2-8,10,14-15,20H,9,11-13,16H2,1H3/t20-/m0/s1. The van der Waals surface area contributed by atoms with E-state index in [1.807, 2.05) is 13.0 Å². The van der Waals surface area contributed by atoms with Crippen molar-refractivity contribution >= 4 is 33.1 Å². The zero-order valence-electron chi connectivity index (χ0n) is 20.1. The molecule has 3 aromatic rings. The van der Waals surface area contributed by atoms with Crippen molar-refractivity contribution in [3.8, 4) is 22.9 Å². The van der Waals surface area contributed by atoms with E-state index in [0.29, 0.717) is 35.4 Å². The lowest BCUT2D eigenvalue weighted by atomic mass is 9.97. The van der Waals surface area contributed by atoms with E-state index in [1.165, 1.54) is 22.5 Å². The molecule has 1 aliphatic heterocycles. The lowest BCUT2D eigenvalue weighted by Gasteiger charge is -2.36. The average Bonchev–Trinajstić information content (AvgIpc) is 3.69. The van der Waals surface area contributed by atoms with Gasteiger partial charge in [-0.3, -0.25) is 9.10 Å². The van der Waals surface area contributed by atoms with E-state index in [-0.39, 0.29) is 35.1 Å². The van der Waals surface area contributed by atoms with Crippen LogP contribution in [0.25, 0.3) is 11.1 Å². The number of benzene rings is 3. The number of fused-ring (bicyclic) bond motifs is 1. The highest BCUT2D eigenvalue weighted by Crippen LogP contribution is 2.47. The number of carbonyl (C=O) groups excluding carboxylic acids is 1. The van der Waals surface area contributed by atoms with Crippen molar-refractivity contribution in [2.24, 2.45) is 5.41 Å². The molecule has 190 valence electrons. The fourth-order valence-electron chi connectivity index (χ4n) is 4.60. The van der Waals surface area contributed by atoms with Crippen LogP contribution in [0.5, 0.6) is 5.75 Å². The minimum atomic E-state index is -4.00. The number of hydrogen-bond acceptors (Lipinski definition) is 5. The van der Waals surface area contributed by atoms with Crippen LogP contribution in [0.2, 0.25) is 5.02 Å². The minimum absolute atomic E-state index is 0.0174. The lowest BCUT2D eigenvalue weighted by Crippen LogP contribution is -2.43. The van der Waals surface area contributed by atoms with Gasteiger partial charge in [0.15, 0.2) is 5.78 Å². The normalized spacial score (nSPS) is 17.9. The number of halogens is 2. The molecule has 1 fully saturated rings. The van der Waals surface area contributed by atoms with Gasteiger partial charge in [0, 0.05) is 12.0 Å². The molecule has 1 atom stereocenters. The van der Waals surface area contributed by atoms with Gasteiger partial charge >= 0.3 is 0 Å². The third-order valence-corrected chi connectivity index (χ3v) is 9.08. The largest absolute Gasteiger partial charge is 0.486 e. The molecule has 2 aliphatic rings. The van der Waals surface area contributed by atoms with E-state index in [0.717, 1.165) is 5.56 Å². The van der Waals surface area contributed by atoms with Crippen LogP contribution in [0.4, 0.5) is 10.1 Å². The summed E-state index contributed by atoms with van der Waals surface area (Å²) in [6.07, 6.45) is 0.947. The summed E-state index contributed by atoms with van der Waals surface area (Å²) in [4.78, 5) is 12.7. The van der Waals surface area contributed by atoms with E-state index in [4.69, 9.17) is 16.3 Å². The molecule has 0 amide bonds. The van der Waals surface area contributed by atoms with E-state index >= 15 is 0 Å². The van der Waals surface area contributed by atoms with Crippen LogP contribution in [0.3, 0.4) is 0 Å². The van der Waals surface area contributed by atoms with Gasteiger partial charge in [-0.05, 0) is 67.6 Å². The summed E-state index contributed by atoms with van der Waals surface area (Å²) in [6.45, 7) is 1.80. The zero-order valence-corrected chi connectivity index (χ0v) is 21.7. The van der Waals surface area contributed by atoms with Crippen molar-refractivity contribution in [1.82, 2.24) is 0 Å². The van der Waals surface area contributed by atoms with Gasteiger partial charge in [-0.2, -0.15) is 5.26 Å². The van der Waals surface area contributed by atoms with Crippen molar-refractivity contribution in [3.05, 3.63) is 77.1 Å². The second-order valence-corrected chi connectivity index (χ2v) is 11.8. The Hall–Kier alpha value is -3.41. The van der Waals surface area contributed by atoms with Gasteiger partial charge in [0.2, 0.25) is 0 Å². The third-order valence-electron chi connectivity index (χ3n) is 6.92. The molecule has 0 radical (unpaired) electrons. The number of ether oxygens (including phenoxy) is 1. The first kappa shape index (κ1) is 25.2. The Labute approximate surface area is 220 Å². The number of hydrogen-bond donors (Lipinski definition) is 0. The van der Waals surface area contributed by atoms with Gasteiger partial charge in [0.1, 0.15) is 23.1 Å². The molecule has 37 heavy (non-hydrogen) atoms. The number of anilines is 1. The first-order valence-corrected chi connectivity index (χ1v) is 13.8. The molecule has 6 nitrogen and oxygen atoms in total. The minimum Gasteiger partial charge on any atom is -0.486 e. The van der Waals surface area contributed by atoms with Gasteiger partial charge in [-0.25, -0.2) is 12.8 Å². The highest BCUT2D eigenvalue weighted by atomic mass is 35.5. The number of sulfonamides is 1. The zero-order chi connectivity index (χ0) is 26.4. The maximum absolute atomic E-state index is 14.1. The van der Waals surface area contributed by atoms with Crippen molar-refractivity contribution in [2.75, 3.05) is 10.8 Å². The summed E-state index contributed by atoms with van der Waals surface area (Å²) in [5.41, 5.74) is 1.17. The van der Waals surface area contributed by atoms with Gasteiger partial charge < -0.3 is 4.74 Å². The number of aryl methyl sites for hydroxylation is 1. The van der Waals surface area contributed by atoms with E-state index in [9.17, 15) is 22.9 Å². The Bertz CT molecular complexity index is 1550.